The number of methoxy groups -OCH3 is 2. The summed E-state index contributed by atoms with van der Waals surface area (Å²) in [4.78, 5) is 12.5. The van der Waals surface area contributed by atoms with Gasteiger partial charge in [-0.2, -0.15) is 18.3 Å². The lowest BCUT2D eigenvalue weighted by atomic mass is 9.96. The van der Waals surface area contributed by atoms with Gasteiger partial charge in [0, 0.05) is 18.6 Å². The molecule has 0 unspecified atom stereocenters. The first-order valence-electron chi connectivity index (χ1n) is 9.59. The van der Waals surface area contributed by atoms with Crippen LogP contribution in [0.15, 0.2) is 34.9 Å². The highest BCUT2D eigenvalue weighted by Gasteiger charge is 2.47. The summed E-state index contributed by atoms with van der Waals surface area (Å²) in [5.41, 5.74) is 0.392. The summed E-state index contributed by atoms with van der Waals surface area (Å²) < 4.78 is 57.8. The first kappa shape index (κ1) is 21.5. The molecule has 9 nitrogen and oxygen atoms in total. The molecule has 2 atom stereocenters. The number of aryl methyl sites for hydroxylation is 1. The van der Waals surface area contributed by atoms with Crippen molar-refractivity contribution in [1.29, 1.82) is 0 Å². The predicted octanol–water partition coefficient (Wildman–Crippen LogP) is 4.11. The van der Waals surface area contributed by atoms with E-state index in [9.17, 15) is 18.0 Å². The Kier molecular flexibility index (Phi) is 5.45. The number of rotatable bonds is 5. The van der Waals surface area contributed by atoms with E-state index in [1.807, 2.05) is 0 Å². The van der Waals surface area contributed by atoms with Gasteiger partial charge in [-0.1, -0.05) is 11.2 Å². The van der Waals surface area contributed by atoms with Gasteiger partial charge in [0.25, 0.3) is 5.91 Å². The van der Waals surface area contributed by atoms with Crippen LogP contribution in [0.3, 0.4) is 0 Å². The van der Waals surface area contributed by atoms with Crippen LogP contribution < -0.4 is 20.1 Å². The molecule has 1 aliphatic rings. The van der Waals surface area contributed by atoms with Crippen molar-refractivity contribution in [2.45, 2.75) is 31.6 Å². The molecule has 2 N–H and O–H groups in total. The van der Waals surface area contributed by atoms with Crippen molar-refractivity contribution >= 4 is 17.5 Å². The molecule has 32 heavy (non-hydrogen) atoms. The molecule has 0 bridgehead atoms. The van der Waals surface area contributed by atoms with Gasteiger partial charge in [-0.25, -0.2) is 4.68 Å². The molecule has 170 valence electrons. The number of aromatic nitrogens is 3. The molecule has 12 heteroatoms. The maximum atomic E-state index is 13.9. The van der Waals surface area contributed by atoms with Crippen molar-refractivity contribution in [3.8, 4) is 11.5 Å². The van der Waals surface area contributed by atoms with Gasteiger partial charge in [0.1, 0.15) is 11.6 Å². The van der Waals surface area contributed by atoms with E-state index < -0.39 is 24.2 Å². The summed E-state index contributed by atoms with van der Waals surface area (Å²) in [6.07, 6.45) is -4.90. The lowest BCUT2D eigenvalue weighted by Crippen LogP contribution is -2.35. The Labute approximate surface area is 180 Å². The van der Waals surface area contributed by atoms with E-state index in [0.29, 0.717) is 22.8 Å². The summed E-state index contributed by atoms with van der Waals surface area (Å²) in [5, 5.41) is 13.0. The zero-order chi connectivity index (χ0) is 23.0. The summed E-state index contributed by atoms with van der Waals surface area (Å²) in [7, 11) is 2.92. The number of fused-ring (bicyclic) bond motifs is 1. The van der Waals surface area contributed by atoms with E-state index in [1.165, 1.54) is 26.4 Å². The summed E-state index contributed by atoms with van der Waals surface area (Å²) in [6, 6.07) is 5.05. The molecular weight excluding hydrogens is 431 g/mol. The van der Waals surface area contributed by atoms with Crippen LogP contribution in [0, 0.1) is 6.92 Å². The number of nitrogens with zero attached hydrogens (tertiary/aromatic N) is 3. The van der Waals surface area contributed by atoms with Crippen molar-refractivity contribution in [2.24, 2.45) is 0 Å². The molecular formula is C20H20F3N5O4. The highest BCUT2D eigenvalue weighted by molar-refractivity contribution is 6.02. The third kappa shape index (κ3) is 4.07. The van der Waals surface area contributed by atoms with Crippen molar-refractivity contribution in [2.75, 3.05) is 24.9 Å². The van der Waals surface area contributed by atoms with Gasteiger partial charge in [0.05, 0.1) is 20.3 Å². The predicted molar refractivity (Wildman–Crippen MR) is 107 cm³/mol. The molecule has 1 aliphatic heterocycles. The second kappa shape index (κ2) is 8.09. The van der Waals surface area contributed by atoms with Crippen LogP contribution in [0.25, 0.3) is 0 Å². The Balaban J connectivity index is 1.65. The zero-order valence-corrected chi connectivity index (χ0v) is 17.4. The molecule has 0 radical (unpaired) electrons. The maximum absolute atomic E-state index is 13.9. The Morgan fingerprint density at radius 1 is 1.22 bits per heavy atom. The number of amides is 1. The molecule has 1 aromatic carbocycles. The molecule has 3 heterocycles. The van der Waals surface area contributed by atoms with E-state index in [4.69, 9.17) is 14.0 Å². The fourth-order valence-corrected chi connectivity index (χ4v) is 3.58. The molecule has 0 spiro atoms. The van der Waals surface area contributed by atoms with Crippen LogP contribution in [-0.2, 0) is 0 Å². The van der Waals surface area contributed by atoms with E-state index in [2.05, 4.69) is 20.9 Å². The second-order valence-electron chi connectivity index (χ2n) is 7.24. The number of ether oxygens (including phenoxy) is 2. The molecule has 0 aliphatic carbocycles. The number of benzene rings is 1. The summed E-state index contributed by atoms with van der Waals surface area (Å²) in [6.45, 7) is 1.64. The number of nitrogens with one attached hydrogen (secondary N) is 2. The second-order valence-corrected chi connectivity index (χ2v) is 7.24. The van der Waals surface area contributed by atoms with E-state index in [-0.39, 0.29) is 23.8 Å². The van der Waals surface area contributed by atoms with Crippen LogP contribution in [0.4, 0.5) is 24.8 Å². The van der Waals surface area contributed by atoms with Gasteiger partial charge < -0.3 is 24.6 Å². The quantitative estimate of drug-likeness (QED) is 0.602. The Bertz CT molecular complexity index is 1140. The van der Waals surface area contributed by atoms with E-state index >= 15 is 0 Å². The fourth-order valence-electron chi connectivity index (χ4n) is 3.58. The number of alkyl halides is 3. The van der Waals surface area contributed by atoms with Crippen molar-refractivity contribution in [3.63, 3.8) is 0 Å². The topological polar surface area (TPSA) is 103 Å². The van der Waals surface area contributed by atoms with Crippen LogP contribution in [0.5, 0.6) is 11.5 Å². The van der Waals surface area contributed by atoms with Crippen LogP contribution in [0.1, 0.15) is 40.3 Å². The van der Waals surface area contributed by atoms with Crippen molar-refractivity contribution in [1.82, 2.24) is 14.9 Å². The van der Waals surface area contributed by atoms with E-state index in [0.717, 1.165) is 4.68 Å². The molecule has 0 saturated carbocycles. The number of carbonyl (C=O) groups is 1. The van der Waals surface area contributed by atoms with Gasteiger partial charge in [-0.05, 0) is 24.6 Å². The molecule has 0 fully saturated rings. The number of hydrogen-bond acceptors (Lipinski definition) is 7. The van der Waals surface area contributed by atoms with Crippen LogP contribution in [-0.4, -0.2) is 41.2 Å². The Morgan fingerprint density at radius 3 is 2.59 bits per heavy atom. The van der Waals surface area contributed by atoms with Crippen molar-refractivity contribution < 1.29 is 32.0 Å². The minimum atomic E-state index is -4.57. The van der Waals surface area contributed by atoms with Gasteiger partial charge in [-0.3, -0.25) is 4.79 Å². The molecule has 4 rings (SSSR count). The standard InChI is InChI=1S/C20H20F3N5O4/c1-10-6-17(27-32-10)25-19(29)13-9-18-24-12(8-16(20(21,22)23)28(18)26-13)11-4-5-14(30-2)15(7-11)31-3/h4-7,9,12,16,24H,8H2,1-3H3,(H,25,27,29)/t12-,16+/m1/s1. The first-order valence-corrected chi connectivity index (χ1v) is 9.59. The Hall–Kier alpha value is -3.70. The lowest BCUT2D eigenvalue weighted by Gasteiger charge is -2.33. The van der Waals surface area contributed by atoms with E-state index in [1.54, 1.807) is 25.1 Å². The maximum Gasteiger partial charge on any atom is 0.410 e. The normalized spacial score (nSPS) is 17.9. The third-order valence-electron chi connectivity index (χ3n) is 5.10. The molecule has 2 aromatic heterocycles. The average Bonchev–Trinajstić information content (AvgIpc) is 3.37. The van der Waals surface area contributed by atoms with Gasteiger partial charge >= 0.3 is 6.18 Å². The zero-order valence-electron chi connectivity index (χ0n) is 17.4. The van der Waals surface area contributed by atoms with Crippen LogP contribution >= 0.6 is 0 Å². The first-order chi connectivity index (χ1) is 15.2. The Morgan fingerprint density at radius 2 is 1.97 bits per heavy atom. The van der Waals surface area contributed by atoms with Crippen molar-refractivity contribution in [3.05, 3.63) is 47.3 Å². The van der Waals surface area contributed by atoms with Gasteiger partial charge in [0.15, 0.2) is 29.1 Å². The number of hydrogen-bond donors (Lipinski definition) is 2. The number of carbonyl (C=O) groups excluding carboxylic acids is 1. The molecule has 3 aromatic rings. The highest BCUT2D eigenvalue weighted by Crippen LogP contribution is 2.44. The smallest absolute Gasteiger partial charge is 0.410 e. The summed E-state index contributed by atoms with van der Waals surface area (Å²) >= 11 is 0. The van der Waals surface area contributed by atoms with Gasteiger partial charge in [-0.15, -0.1) is 0 Å². The highest BCUT2D eigenvalue weighted by atomic mass is 19.4. The fraction of sp³-hybridized carbons (Fsp3) is 0.350. The third-order valence-corrected chi connectivity index (χ3v) is 5.10. The number of anilines is 2. The lowest BCUT2D eigenvalue weighted by molar-refractivity contribution is -0.173. The SMILES string of the molecule is COc1ccc([C@H]2C[C@@H](C(F)(F)F)n3nc(C(=O)Nc4cc(C)on4)cc3N2)cc1OC. The minimum Gasteiger partial charge on any atom is -0.493 e. The molecule has 1 amide bonds. The average molecular weight is 451 g/mol. The minimum absolute atomic E-state index is 0.0693. The number of halogens is 3. The van der Waals surface area contributed by atoms with Gasteiger partial charge in [0.2, 0.25) is 0 Å². The monoisotopic (exact) mass is 451 g/mol. The largest absolute Gasteiger partial charge is 0.493 e. The molecule has 0 saturated heterocycles. The van der Waals surface area contributed by atoms with Crippen LogP contribution in [0.2, 0.25) is 0 Å². The summed E-state index contributed by atoms with van der Waals surface area (Å²) in [5.74, 6) is 0.845.